The summed E-state index contributed by atoms with van der Waals surface area (Å²) in [7, 11) is 0. The van der Waals surface area contributed by atoms with E-state index < -0.39 is 23.1 Å². The Bertz CT molecular complexity index is 5270. The van der Waals surface area contributed by atoms with Crippen molar-refractivity contribution in [2.45, 2.75) is 270 Å². The van der Waals surface area contributed by atoms with Crippen molar-refractivity contribution in [1.82, 2.24) is 39.1 Å². The number of hydrogen-bond donors (Lipinski definition) is 0. The van der Waals surface area contributed by atoms with E-state index in [1.807, 2.05) is 93.8 Å². The van der Waals surface area contributed by atoms with Gasteiger partial charge in [-0.1, -0.05) is 139 Å². The number of aromatic nitrogens is 8. The van der Waals surface area contributed by atoms with Crippen LogP contribution in [0.4, 0.5) is 17.6 Å². The van der Waals surface area contributed by atoms with Crippen LogP contribution in [0.1, 0.15) is 217 Å². The van der Waals surface area contributed by atoms with Gasteiger partial charge in [-0.2, -0.15) is 20.4 Å². The predicted octanol–water partition coefficient (Wildman–Crippen LogP) is 23.3. The molecule has 4 saturated carbocycles. The highest BCUT2D eigenvalue weighted by atomic mass is 19.1. The molecule has 6 unspecified atom stereocenters. The third-order valence-corrected chi connectivity index (χ3v) is 29.4. The number of benzene rings is 4. The van der Waals surface area contributed by atoms with Gasteiger partial charge < -0.3 is 37.9 Å². The lowest BCUT2D eigenvalue weighted by molar-refractivity contribution is -0.371. The molecule has 20 heteroatoms. The van der Waals surface area contributed by atoms with Crippen LogP contribution in [0.2, 0.25) is 0 Å². The topological polar surface area (TPSA) is 145 Å². The molecule has 4 aromatic carbocycles. The minimum atomic E-state index is -0.690. The second-order valence-electron chi connectivity index (χ2n) is 37.2. The summed E-state index contributed by atoms with van der Waals surface area (Å²) in [4.78, 5) is 0. The lowest BCUT2D eigenvalue weighted by Crippen LogP contribution is -2.62. The predicted molar refractivity (Wildman–Crippen MR) is 477 cm³/mol. The van der Waals surface area contributed by atoms with E-state index in [2.05, 4.69) is 133 Å². The van der Waals surface area contributed by atoms with Gasteiger partial charge in [0.05, 0.1) is 82.5 Å². The first kappa shape index (κ1) is 86.6. The second-order valence-corrected chi connectivity index (χ2v) is 37.2. The quantitative estimate of drug-likeness (QED) is 0.0711. The fraction of sp³-hybridized carbons (Fsp3) is 0.462. The summed E-state index contributed by atoms with van der Waals surface area (Å²) in [5, 5.41) is 18.5. The summed E-state index contributed by atoms with van der Waals surface area (Å²) in [6.45, 7) is 38.0. The first-order valence-electron chi connectivity index (χ1n) is 45.1. The zero-order chi connectivity index (χ0) is 86.9. The number of hydrogen-bond acceptors (Lipinski definition) is 12. The standard InChI is InChI=1S/C30H41FN2O2.C26H29FN2O2.2C24H25FN2O2/c1-6-21(7-2)28-17-26(15-20(3)4)34-30(35-28)14-8-9-23-16-27-22(18-29(23,30)5)19-32-33(27)25-12-10-24(31)11-13-25;1-4-7-23-24(8-5-2)31-26(30-23)14-6-9-19-15-22-18(16-25(19,26)3)17-28-29(22)21-12-10-20(27)11-13-21;2*1-4-21-22(5-2)29-24(28-21)12-6-7-17-13-20-16(14-23(17,24)3)15-26-27(20)19-10-8-18(25)9-11-19/h10-13,16,19-21,26,28H,6-9,14-15,17-18H2,1-5H3;4-5,7-8,10-13,15,17,23-24H,6,9,14,16H2,1-3H3;2*4-5,8-11,13,15,21-22H,1-2,6-7,12,14H2,3H3/b;7-4+,8-5+;;/t;23-,24-,25+;21-,22+,23?,24?;21-,22-,23+/m.1.1/s1. The Kier molecular flexibility index (Phi) is 24.0. The van der Waals surface area contributed by atoms with Gasteiger partial charge in [0.2, 0.25) is 0 Å². The molecule has 0 bridgehead atoms. The van der Waals surface area contributed by atoms with Crippen LogP contribution in [0.5, 0.6) is 0 Å². The van der Waals surface area contributed by atoms with Crippen molar-refractivity contribution in [1.29, 1.82) is 0 Å². The third kappa shape index (κ3) is 15.1. The molecule has 0 radical (unpaired) electrons. The lowest BCUT2D eigenvalue weighted by atomic mass is 9.61. The van der Waals surface area contributed by atoms with E-state index in [0.29, 0.717) is 11.8 Å². The van der Waals surface area contributed by atoms with Crippen molar-refractivity contribution in [2.24, 2.45) is 33.5 Å². The highest BCUT2D eigenvalue weighted by Crippen LogP contribution is 2.64. The van der Waals surface area contributed by atoms with Gasteiger partial charge in [-0.25, -0.2) is 36.3 Å². The lowest BCUT2D eigenvalue weighted by Gasteiger charge is -2.58. The maximum absolute atomic E-state index is 13.5. The smallest absolute Gasteiger partial charge is 0.179 e. The molecule has 12 aliphatic rings. The molecule has 14 atom stereocenters. The van der Waals surface area contributed by atoms with Crippen LogP contribution in [0.3, 0.4) is 0 Å². The molecule has 0 amide bonds. The molecule has 8 heterocycles. The molecular weight excluding hydrogens is 1570 g/mol. The SMILES string of the molecule is C/C=C/[C@H]1OC2(CCCC3=Cc4c(cnn4-c4ccc(F)cc4)C[C@@]32C)O[C@@H]1/C=C/C.C=C[C@@H]1OC2(CCCC3=Cc4c(cnn4-c4ccc(F)cc4)CC32C)O[C@@H]1C=C.C=C[C@H]1OC2(CCCC3=Cc4c(cnn4-c4ccc(F)cc4)C[C@@]32C)O[C@@H]1C=C.CCC(CC)C1CC(CC(C)C)OC2(CCCC3=Cc4c(cnn4-c4ccc(F)cc4)CC32C)O1. The zero-order valence-corrected chi connectivity index (χ0v) is 73.6. The molecule has 8 aliphatic carbocycles. The Morgan fingerprint density at radius 3 is 0.887 bits per heavy atom. The fourth-order valence-electron chi connectivity index (χ4n) is 22.6. The van der Waals surface area contributed by atoms with Crippen molar-refractivity contribution >= 4 is 24.3 Å². The van der Waals surface area contributed by atoms with Crippen LogP contribution in [0, 0.1) is 56.8 Å². The summed E-state index contributed by atoms with van der Waals surface area (Å²) in [6.07, 6.45) is 51.0. The molecule has 20 rings (SSSR count). The highest BCUT2D eigenvalue weighted by molar-refractivity contribution is 5.66. The van der Waals surface area contributed by atoms with E-state index in [1.165, 1.54) is 82.0 Å². The van der Waals surface area contributed by atoms with Gasteiger partial charge in [0.15, 0.2) is 23.1 Å². The minimum Gasteiger partial charge on any atom is -0.346 e. The van der Waals surface area contributed by atoms with Crippen molar-refractivity contribution in [2.75, 3.05) is 0 Å². The molecule has 16 nitrogen and oxygen atoms in total. The fourth-order valence-corrected chi connectivity index (χ4v) is 22.6. The normalized spacial score (nSPS) is 30.7. The van der Waals surface area contributed by atoms with Crippen LogP contribution in [-0.2, 0) is 63.6 Å². The van der Waals surface area contributed by atoms with Crippen LogP contribution < -0.4 is 0 Å². The van der Waals surface area contributed by atoms with E-state index in [1.54, 1.807) is 48.5 Å². The van der Waals surface area contributed by atoms with Gasteiger partial charge in [0, 0.05) is 53.8 Å². The van der Waals surface area contributed by atoms with Gasteiger partial charge in [0.25, 0.3) is 0 Å². The van der Waals surface area contributed by atoms with Gasteiger partial charge in [0.1, 0.15) is 59.9 Å². The Morgan fingerprint density at radius 2 is 0.645 bits per heavy atom. The van der Waals surface area contributed by atoms with Gasteiger partial charge in [-0.05, 0) is 253 Å². The maximum atomic E-state index is 13.5. The number of halogens is 4. The van der Waals surface area contributed by atoms with Crippen LogP contribution in [0.15, 0.2) is 219 Å². The van der Waals surface area contributed by atoms with Gasteiger partial charge in [-0.15, -0.1) is 26.3 Å². The van der Waals surface area contributed by atoms with Crippen LogP contribution >= 0.6 is 0 Å². The van der Waals surface area contributed by atoms with E-state index in [9.17, 15) is 17.6 Å². The first-order valence-corrected chi connectivity index (χ1v) is 45.1. The highest BCUT2D eigenvalue weighted by Gasteiger charge is 2.65. The molecule has 8 fully saturated rings. The van der Waals surface area contributed by atoms with Crippen molar-refractivity contribution in [3.8, 4) is 22.7 Å². The minimum absolute atomic E-state index is 0.0827. The Balaban J connectivity index is 0.000000117. The van der Waals surface area contributed by atoms with E-state index in [4.69, 9.17) is 43.0 Å². The number of rotatable bonds is 15. The molecule has 4 aromatic heterocycles. The molecule has 4 saturated heterocycles. The average Bonchev–Trinajstić information content (AvgIpc) is 1.54. The zero-order valence-electron chi connectivity index (χ0n) is 73.6. The third-order valence-electron chi connectivity index (χ3n) is 29.4. The van der Waals surface area contributed by atoms with E-state index >= 15 is 0 Å². The first-order chi connectivity index (χ1) is 59.8. The molecular formula is C104H120F4N8O8. The summed E-state index contributed by atoms with van der Waals surface area (Å²) >= 11 is 0. The van der Waals surface area contributed by atoms with Crippen LogP contribution in [-0.4, -0.2) is 111 Å². The number of allylic oxidation sites excluding steroid dienone is 2. The van der Waals surface area contributed by atoms with Crippen molar-refractivity contribution < 1.29 is 55.5 Å². The maximum Gasteiger partial charge on any atom is 0.179 e. The summed E-state index contributed by atoms with van der Waals surface area (Å²) in [5.74, 6) is -2.46. The second kappa shape index (κ2) is 34.4. The van der Waals surface area contributed by atoms with Gasteiger partial charge in [-0.3, -0.25) is 0 Å². The summed E-state index contributed by atoms with van der Waals surface area (Å²) < 4.78 is 115. The van der Waals surface area contributed by atoms with Crippen molar-refractivity contribution in [3.63, 3.8) is 0 Å². The Hall–Kier alpha value is -9.48. The molecule has 0 N–H and O–H groups in total. The van der Waals surface area contributed by atoms with Gasteiger partial charge >= 0.3 is 0 Å². The largest absolute Gasteiger partial charge is 0.346 e. The molecule has 124 heavy (non-hydrogen) atoms. The monoisotopic (exact) mass is 1680 g/mol. The summed E-state index contributed by atoms with van der Waals surface area (Å²) in [5.41, 5.74) is 16.7. The molecule has 4 aliphatic heterocycles. The number of ether oxygens (including phenoxy) is 8. The molecule has 652 valence electrons. The average molecular weight is 1690 g/mol. The number of fused-ring (bicyclic) bond motifs is 12. The van der Waals surface area contributed by atoms with E-state index in [0.717, 1.165) is 185 Å². The number of nitrogens with zero attached hydrogens (tertiary/aromatic N) is 8. The van der Waals surface area contributed by atoms with E-state index in [-0.39, 0.29) is 93.8 Å². The Morgan fingerprint density at radius 1 is 0.387 bits per heavy atom. The Labute approximate surface area is 728 Å². The van der Waals surface area contributed by atoms with Crippen LogP contribution in [0.25, 0.3) is 47.1 Å². The molecule has 8 aromatic rings. The molecule has 4 spiro atoms. The van der Waals surface area contributed by atoms with Crippen molar-refractivity contribution in [3.05, 3.63) is 287 Å². The summed E-state index contributed by atoms with van der Waals surface area (Å²) in [6, 6.07) is 25.9.